The van der Waals surface area contributed by atoms with Gasteiger partial charge >= 0.3 is 12.1 Å². The minimum atomic E-state index is -4.57. The normalized spacial score (nSPS) is 29.5. The molecule has 0 saturated heterocycles. The SMILES string of the molecule is O=C(O)CN(CC(F)(F)F)C(=O)C1CC2CCC1C2. The van der Waals surface area contributed by atoms with Gasteiger partial charge in [0, 0.05) is 5.92 Å². The molecule has 3 atom stereocenters. The van der Waals surface area contributed by atoms with Gasteiger partial charge in [-0.05, 0) is 31.1 Å². The van der Waals surface area contributed by atoms with Gasteiger partial charge in [0.2, 0.25) is 5.91 Å². The van der Waals surface area contributed by atoms with Crippen molar-refractivity contribution in [2.75, 3.05) is 13.1 Å². The van der Waals surface area contributed by atoms with Crippen molar-refractivity contribution in [1.29, 1.82) is 0 Å². The number of halogens is 3. The molecule has 0 aromatic carbocycles. The number of carboxylic acids is 1. The first kappa shape index (κ1) is 14.1. The zero-order valence-electron chi connectivity index (χ0n) is 10.3. The molecule has 3 unspecified atom stereocenters. The third-order valence-electron chi connectivity index (χ3n) is 4.06. The van der Waals surface area contributed by atoms with Crippen molar-refractivity contribution in [3.05, 3.63) is 0 Å². The van der Waals surface area contributed by atoms with E-state index in [0.29, 0.717) is 17.2 Å². The fourth-order valence-electron chi connectivity index (χ4n) is 3.37. The van der Waals surface area contributed by atoms with Crippen LogP contribution in [0.2, 0.25) is 0 Å². The number of alkyl halides is 3. The maximum Gasteiger partial charge on any atom is 0.406 e. The third kappa shape index (κ3) is 3.39. The van der Waals surface area contributed by atoms with Crippen LogP contribution >= 0.6 is 0 Å². The lowest BCUT2D eigenvalue weighted by Crippen LogP contribution is -2.45. The Labute approximate surface area is 108 Å². The van der Waals surface area contributed by atoms with Crippen LogP contribution in [0, 0.1) is 17.8 Å². The highest BCUT2D eigenvalue weighted by Gasteiger charge is 2.46. The summed E-state index contributed by atoms with van der Waals surface area (Å²) in [5.74, 6) is -1.91. The van der Waals surface area contributed by atoms with Crippen LogP contribution < -0.4 is 0 Å². The van der Waals surface area contributed by atoms with Crippen molar-refractivity contribution < 1.29 is 27.9 Å². The molecule has 2 bridgehead atoms. The van der Waals surface area contributed by atoms with Gasteiger partial charge in [0.1, 0.15) is 13.1 Å². The number of rotatable bonds is 4. The van der Waals surface area contributed by atoms with Gasteiger partial charge in [0.05, 0.1) is 0 Å². The molecular formula is C12H16F3NO3. The summed E-state index contributed by atoms with van der Waals surface area (Å²) in [7, 11) is 0. The maximum absolute atomic E-state index is 12.4. The number of aliphatic carboxylic acids is 1. The summed E-state index contributed by atoms with van der Waals surface area (Å²) < 4.78 is 37.2. The third-order valence-corrected chi connectivity index (χ3v) is 4.06. The van der Waals surface area contributed by atoms with E-state index in [1.165, 1.54) is 0 Å². The summed E-state index contributed by atoms with van der Waals surface area (Å²) in [6.07, 6.45) is -1.16. The van der Waals surface area contributed by atoms with E-state index in [2.05, 4.69) is 0 Å². The quantitative estimate of drug-likeness (QED) is 0.855. The van der Waals surface area contributed by atoms with E-state index in [-0.39, 0.29) is 5.92 Å². The standard InChI is InChI=1S/C12H16F3NO3/c13-12(14,15)6-16(5-10(17)18)11(19)9-4-7-1-2-8(9)3-7/h7-9H,1-6H2,(H,17,18). The summed E-state index contributed by atoms with van der Waals surface area (Å²) >= 11 is 0. The fraction of sp³-hybridized carbons (Fsp3) is 0.833. The number of nitrogens with zero attached hydrogens (tertiary/aromatic N) is 1. The van der Waals surface area contributed by atoms with E-state index < -0.39 is 37.1 Å². The number of amides is 1. The smallest absolute Gasteiger partial charge is 0.406 e. The number of carboxylic acid groups (broad SMARTS) is 1. The molecular weight excluding hydrogens is 263 g/mol. The lowest BCUT2D eigenvalue weighted by Gasteiger charge is -2.29. The lowest BCUT2D eigenvalue weighted by atomic mass is 9.87. The van der Waals surface area contributed by atoms with Gasteiger partial charge in [0.15, 0.2) is 0 Å². The second kappa shape index (κ2) is 5.02. The van der Waals surface area contributed by atoms with Crippen molar-refractivity contribution in [3.8, 4) is 0 Å². The number of hydrogen-bond acceptors (Lipinski definition) is 2. The van der Waals surface area contributed by atoms with Crippen LogP contribution in [0.25, 0.3) is 0 Å². The number of carbonyl (C=O) groups is 2. The fourth-order valence-corrected chi connectivity index (χ4v) is 3.37. The van der Waals surface area contributed by atoms with Crippen LogP contribution in [0.1, 0.15) is 25.7 Å². The highest BCUT2D eigenvalue weighted by molar-refractivity contribution is 5.83. The molecule has 2 aliphatic carbocycles. The van der Waals surface area contributed by atoms with Crippen molar-refractivity contribution in [3.63, 3.8) is 0 Å². The molecule has 1 N–H and O–H groups in total. The molecule has 1 amide bonds. The van der Waals surface area contributed by atoms with Crippen LogP contribution in [-0.2, 0) is 9.59 Å². The zero-order valence-corrected chi connectivity index (χ0v) is 10.3. The summed E-state index contributed by atoms with van der Waals surface area (Å²) in [6.45, 7) is -2.36. The molecule has 0 radical (unpaired) electrons. The van der Waals surface area contributed by atoms with Crippen molar-refractivity contribution in [2.45, 2.75) is 31.9 Å². The van der Waals surface area contributed by atoms with Gasteiger partial charge in [-0.15, -0.1) is 0 Å². The lowest BCUT2D eigenvalue weighted by molar-refractivity contribution is -0.168. The van der Waals surface area contributed by atoms with E-state index in [1.807, 2.05) is 0 Å². The first-order valence-electron chi connectivity index (χ1n) is 6.33. The molecule has 0 heterocycles. The first-order valence-corrected chi connectivity index (χ1v) is 6.33. The summed E-state index contributed by atoms with van der Waals surface area (Å²) in [5.41, 5.74) is 0. The molecule has 0 aromatic rings. The van der Waals surface area contributed by atoms with Crippen LogP contribution in [0.5, 0.6) is 0 Å². The van der Waals surface area contributed by atoms with Gasteiger partial charge in [0.25, 0.3) is 0 Å². The van der Waals surface area contributed by atoms with E-state index in [1.54, 1.807) is 0 Å². The van der Waals surface area contributed by atoms with E-state index >= 15 is 0 Å². The minimum Gasteiger partial charge on any atom is -0.480 e. The molecule has 19 heavy (non-hydrogen) atoms. The summed E-state index contributed by atoms with van der Waals surface area (Å²) in [5, 5.41) is 8.64. The monoisotopic (exact) mass is 279 g/mol. The molecule has 2 rings (SSSR count). The Kier molecular flexibility index (Phi) is 3.73. The molecule has 108 valence electrons. The van der Waals surface area contributed by atoms with Gasteiger partial charge in [-0.1, -0.05) is 6.42 Å². The highest BCUT2D eigenvalue weighted by Crippen LogP contribution is 2.49. The van der Waals surface area contributed by atoms with Crippen LogP contribution in [0.15, 0.2) is 0 Å². The highest BCUT2D eigenvalue weighted by atomic mass is 19.4. The second-order valence-electron chi connectivity index (χ2n) is 5.48. The maximum atomic E-state index is 12.4. The predicted molar refractivity (Wildman–Crippen MR) is 59.2 cm³/mol. The average molecular weight is 279 g/mol. The number of fused-ring (bicyclic) bond motifs is 2. The van der Waals surface area contributed by atoms with Crippen LogP contribution in [-0.4, -0.2) is 41.1 Å². The Morgan fingerprint density at radius 1 is 1.21 bits per heavy atom. The van der Waals surface area contributed by atoms with E-state index in [9.17, 15) is 22.8 Å². The Morgan fingerprint density at radius 3 is 2.32 bits per heavy atom. The van der Waals surface area contributed by atoms with Crippen molar-refractivity contribution >= 4 is 11.9 Å². The molecule has 7 heteroatoms. The number of hydrogen-bond donors (Lipinski definition) is 1. The Hall–Kier alpha value is -1.27. The molecule has 2 saturated carbocycles. The van der Waals surface area contributed by atoms with Gasteiger partial charge < -0.3 is 10.0 Å². The first-order chi connectivity index (χ1) is 8.76. The van der Waals surface area contributed by atoms with Crippen molar-refractivity contribution in [1.82, 2.24) is 4.90 Å². The van der Waals surface area contributed by atoms with Crippen molar-refractivity contribution in [2.24, 2.45) is 17.8 Å². The Bertz CT molecular complexity index is 383. The molecule has 0 spiro atoms. The Balaban J connectivity index is 2.04. The van der Waals surface area contributed by atoms with Crippen LogP contribution in [0.4, 0.5) is 13.2 Å². The van der Waals surface area contributed by atoms with E-state index in [4.69, 9.17) is 5.11 Å². The van der Waals surface area contributed by atoms with E-state index in [0.717, 1.165) is 19.3 Å². The van der Waals surface area contributed by atoms with Gasteiger partial charge in [-0.3, -0.25) is 9.59 Å². The average Bonchev–Trinajstić information content (AvgIpc) is 2.85. The zero-order chi connectivity index (χ0) is 14.2. The predicted octanol–water partition coefficient (Wildman–Crippen LogP) is 1.90. The topological polar surface area (TPSA) is 57.6 Å². The summed E-state index contributed by atoms with van der Waals surface area (Å²) in [6, 6.07) is 0. The molecule has 4 nitrogen and oxygen atoms in total. The minimum absolute atomic E-state index is 0.141. The molecule has 2 aliphatic rings. The van der Waals surface area contributed by atoms with Gasteiger partial charge in [-0.2, -0.15) is 13.2 Å². The molecule has 0 aromatic heterocycles. The number of carbonyl (C=O) groups excluding carboxylic acids is 1. The van der Waals surface area contributed by atoms with Gasteiger partial charge in [-0.25, -0.2) is 0 Å². The van der Waals surface area contributed by atoms with Crippen LogP contribution in [0.3, 0.4) is 0 Å². The molecule has 0 aliphatic heterocycles. The summed E-state index contributed by atoms with van der Waals surface area (Å²) in [4.78, 5) is 23.2. The Morgan fingerprint density at radius 2 is 1.89 bits per heavy atom. The molecule has 2 fully saturated rings. The largest absolute Gasteiger partial charge is 0.480 e. The second-order valence-corrected chi connectivity index (χ2v) is 5.48.